The molecule has 3 fully saturated rings. The molecule has 45 heavy (non-hydrogen) atoms. The smallest absolute Gasteiger partial charge is 0.341 e. The van der Waals surface area contributed by atoms with Crippen molar-refractivity contribution in [3.8, 4) is 0 Å². The summed E-state index contributed by atoms with van der Waals surface area (Å²) in [6, 6.07) is 10.4. The summed E-state index contributed by atoms with van der Waals surface area (Å²) in [5.41, 5.74) is -6.42. The van der Waals surface area contributed by atoms with Crippen molar-refractivity contribution in [1.82, 2.24) is 0 Å². The number of furan rings is 1. The summed E-state index contributed by atoms with van der Waals surface area (Å²) in [7, 11) is 0. The number of rotatable bonds is 8. The van der Waals surface area contributed by atoms with Crippen molar-refractivity contribution in [2.24, 2.45) is 11.3 Å². The molecule has 2 heterocycles. The van der Waals surface area contributed by atoms with Crippen molar-refractivity contribution in [3.05, 3.63) is 66.1 Å². The molecule has 0 unspecified atom stereocenters. The maximum Gasteiger partial charge on any atom is 0.341 e. The molecule has 2 saturated carbocycles. The van der Waals surface area contributed by atoms with Gasteiger partial charge >= 0.3 is 23.9 Å². The number of benzene rings is 1. The van der Waals surface area contributed by atoms with Crippen LogP contribution in [0.2, 0.25) is 0 Å². The number of carbonyl (C=O) groups is 4. The highest BCUT2D eigenvalue weighted by molar-refractivity contribution is 5.89. The van der Waals surface area contributed by atoms with Crippen LogP contribution in [0, 0.1) is 11.3 Å². The van der Waals surface area contributed by atoms with E-state index >= 15 is 0 Å². The molecular weight excluding hydrogens is 588 g/mol. The topological polar surface area (TPSA) is 168 Å². The van der Waals surface area contributed by atoms with Gasteiger partial charge in [0.25, 0.3) is 0 Å². The molecule has 8 atom stereocenters. The molecule has 242 valence electrons. The van der Waals surface area contributed by atoms with Crippen LogP contribution in [0.1, 0.15) is 63.4 Å². The van der Waals surface area contributed by atoms with Gasteiger partial charge in [-0.15, -0.1) is 0 Å². The number of ether oxygens (including phenoxy) is 5. The fraction of sp³-hybridized carbons (Fsp3) is 0.515. The van der Waals surface area contributed by atoms with Gasteiger partial charge in [-0.25, -0.2) is 9.59 Å². The van der Waals surface area contributed by atoms with Crippen molar-refractivity contribution in [1.29, 1.82) is 0 Å². The molecule has 3 aliphatic rings. The first kappa shape index (κ1) is 32.4. The Kier molecular flexibility index (Phi) is 8.45. The zero-order valence-corrected chi connectivity index (χ0v) is 25.8. The second-order valence-corrected chi connectivity index (χ2v) is 12.6. The predicted molar refractivity (Wildman–Crippen MR) is 155 cm³/mol. The van der Waals surface area contributed by atoms with Crippen molar-refractivity contribution in [2.75, 3.05) is 6.61 Å². The third kappa shape index (κ3) is 5.34. The Bertz CT molecular complexity index is 1460. The van der Waals surface area contributed by atoms with Crippen LogP contribution in [0.15, 0.2) is 59.4 Å². The van der Waals surface area contributed by atoms with Gasteiger partial charge in [0.2, 0.25) is 0 Å². The van der Waals surface area contributed by atoms with Crippen LogP contribution in [0.4, 0.5) is 0 Å². The number of fused-ring (bicyclic) bond motifs is 1. The zero-order valence-electron chi connectivity index (χ0n) is 25.8. The molecule has 5 rings (SSSR count). The second kappa shape index (κ2) is 11.7. The minimum Gasteiger partial charge on any atom is -0.472 e. The number of aliphatic hydroxyl groups excluding tert-OH is 1. The first-order chi connectivity index (χ1) is 21.2. The van der Waals surface area contributed by atoms with Crippen molar-refractivity contribution >= 4 is 30.0 Å². The molecule has 2 aliphatic carbocycles. The molecule has 12 heteroatoms. The van der Waals surface area contributed by atoms with Crippen molar-refractivity contribution in [3.63, 3.8) is 0 Å². The molecular formula is C33H38O12. The third-order valence-corrected chi connectivity index (χ3v) is 9.38. The van der Waals surface area contributed by atoms with Crippen molar-refractivity contribution in [2.45, 2.75) is 88.7 Å². The lowest BCUT2D eigenvalue weighted by Crippen LogP contribution is -2.83. The minimum absolute atomic E-state index is 0.0182. The van der Waals surface area contributed by atoms with Crippen LogP contribution in [-0.2, 0) is 38.1 Å². The fourth-order valence-corrected chi connectivity index (χ4v) is 7.66. The lowest BCUT2D eigenvalue weighted by molar-refractivity contribution is -0.348. The summed E-state index contributed by atoms with van der Waals surface area (Å²) < 4.78 is 35.3. The van der Waals surface area contributed by atoms with Crippen LogP contribution >= 0.6 is 0 Å². The van der Waals surface area contributed by atoms with Gasteiger partial charge in [-0.3, -0.25) is 9.59 Å². The Balaban J connectivity index is 1.72. The van der Waals surface area contributed by atoms with Crippen molar-refractivity contribution < 1.29 is 57.5 Å². The third-order valence-electron chi connectivity index (χ3n) is 9.38. The number of carbonyl (C=O) groups excluding carboxylic acids is 4. The Hall–Kier alpha value is -4.00. The van der Waals surface area contributed by atoms with E-state index in [0.717, 1.165) is 25.7 Å². The summed E-state index contributed by atoms with van der Waals surface area (Å²) in [4.78, 5) is 51.9. The molecule has 1 aliphatic heterocycles. The van der Waals surface area contributed by atoms with E-state index in [-0.39, 0.29) is 18.4 Å². The first-order valence-corrected chi connectivity index (χ1v) is 14.7. The molecule has 1 saturated heterocycles. The van der Waals surface area contributed by atoms with Gasteiger partial charge in [-0.2, -0.15) is 0 Å². The predicted octanol–water partition coefficient (Wildman–Crippen LogP) is 2.99. The van der Waals surface area contributed by atoms with Gasteiger partial charge in [0.05, 0.1) is 35.1 Å². The molecule has 1 spiro atoms. The Morgan fingerprint density at radius 2 is 1.71 bits per heavy atom. The fourth-order valence-electron chi connectivity index (χ4n) is 7.66. The first-order valence-electron chi connectivity index (χ1n) is 14.7. The maximum absolute atomic E-state index is 13.6. The van der Waals surface area contributed by atoms with Crippen LogP contribution in [-0.4, -0.2) is 81.9 Å². The van der Waals surface area contributed by atoms with Gasteiger partial charge in [0, 0.05) is 19.9 Å². The number of esters is 4. The van der Waals surface area contributed by atoms with E-state index in [9.17, 15) is 29.4 Å². The summed E-state index contributed by atoms with van der Waals surface area (Å²) in [6.07, 6.45) is -0.627. The molecule has 0 amide bonds. The average Bonchev–Trinajstić information content (AvgIpc) is 3.56. The van der Waals surface area contributed by atoms with Gasteiger partial charge in [0.15, 0.2) is 6.10 Å². The molecule has 1 aromatic carbocycles. The molecule has 2 aromatic rings. The van der Waals surface area contributed by atoms with E-state index in [0.29, 0.717) is 0 Å². The average molecular weight is 627 g/mol. The zero-order chi connectivity index (χ0) is 32.8. The monoisotopic (exact) mass is 626 g/mol. The molecule has 2 N–H and O–H groups in total. The largest absolute Gasteiger partial charge is 0.472 e. The van der Waals surface area contributed by atoms with E-state index in [4.69, 9.17) is 28.1 Å². The Labute approximate surface area is 260 Å². The highest BCUT2D eigenvalue weighted by Gasteiger charge is 2.86. The van der Waals surface area contributed by atoms with E-state index in [2.05, 4.69) is 0 Å². The van der Waals surface area contributed by atoms with Crippen LogP contribution in [0.5, 0.6) is 0 Å². The van der Waals surface area contributed by atoms with Gasteiger partial charge in [0.1, 0.15) is 36.1 Å². The lowest BCUT2D eigenvalue weighted by atomic mass is 9.46. The van der Waals surface area contributed by atoms with Crippen LogP contribution < -0.4 is 0 Å². The quantitative estimate of drug-likeness (QED) is 0.250. The normalized spacial score (nSPS) is 34.9. The van der Waals surface area contributed by atoms with E-state index < -0.39 is 83.0 Å². The van der Waals surface area contributed by atoms with Gasteiger partial charge < -0.3 is 38.3 Å². The number of hydrogen-bond acceptors (Lipinski definition) is 12. The van der Waals surface area contributed by atoms with E-state index in [1.807, 2.05) is 6.07 Å². The molecule has 2 bridgehead atoms. The molecule has 1 aromatic heterocycles. The van der Waals surface area contributed by atoms with Crippen LogP contribution in [0.25, 0.3) is 6.08 Å². The summed E-state index contributed by atoms with van der Waals surface area (Å²) in [5, 5.41) is 24.3. The highest BCUT2D eigenvalue weighted by atomic mass is 16.6. The molecule has 0 radical (unpaired) electrons. The van der Waals surface area contributed by atoms with E-state index in [1.54, 1.807) is 44.2 Å². The second-order valence-electron chi connectivity index (χ2n) is 12.6. The van der Waals surface area contributed by atoms with Gasteiger partial charge in [-0.1, -0.05) is 30.3 Å². The lowest BCUT2D eigenvalue weighted by Gasteiger charge is -2.65. The van der Waals surface area contributed by atoms with Crippen LogP contribution in [0.3, 0.4) is 0 Å². The molecule has 12 nitrogen and oxygen atoms in total. The van der Waals surface area contributed by atoms with Gasteiger partial charge in [-0.05, 0) is 51.3 Å². The Morgan fingerprint density at radius 1 is 1.00 bits per heavy atom. The summed E-state index contributed by atoms with van der Waals surface area (Å²) in [5.74, 6) is -4.21. The number of aliphatic hydroxyl groups is 2. The highest BCUT2D eigenvalue weighted by Crippen LogP contribution is 2.68. The van der Waals surface area contributed by atoms with E-state index in [1.165, 1.54) is 25.3 Å². The summed E-state index contributed by atoms with van der Waals surface area (Å²) >= 11 is 0. The Morgan fingerprint density at radius 3 is 2.33 bits per heavy atom. The number of hydrogen-bond donors (Lipinski definition) is 2. The summed E-state index contributed by atoms with van der Waals surface area (Å²) in [6.45, 7) is 6.44. The maximum atomic E-state index is 13.6. The SMILES string of the molecule is CC(=O)OC[C@@]12[C@@H](OC(=O)/C=C/c3ccccc3)CC[C@](C)(O)[C@]13OC(C)(C)[C@H]([C@@H](OC(C)=O)[C@H]2OC(=O)c1ccoc1)[C@H]3O. The minimum atomic E-state index is -2.05. The standard InChI is InChI=1S/C33H38O12/c1-19(34)41-18-32-23(43-24(36)12-11-21-9-7-6-8-10-21)13-15-31(5,39)33(32)27(37)25(30(3,4)45-33)26(42-20(2)35)28(32)44-29(38)22-14-16-40-17-22/h6-12,14,16-17,23,25-28,37,39H,13,15,18H2,1-5H3/b12-11+/t23-,25+,26+,27+,28+,31-,32-,33-/m0/s1.